The first kappa shape index (κ1) is 18.6. The lowest BCUT2D eigenvalue weighted by atomic mass is 10.1. The van der Waals surface area contributed by atoms with Gasteiger partial charge in [0.1, 0.15) is 5.82 Å². The molecule has 26 heavy (non-hydrogen) atoms. The molecule has 2 aromatic rings. The molecule has 0 saturated heterocycles. The summed E-state index contributed by atoms with van der Waals surface area (Å²) in [5.74, 6) is 1.32. The maximum Gasteiger partial charge on any atom is 0.225 e. The van der Waals surface area contributed by atoms with E-state index in [1.807, 2.05) is 42.7 Å². The smallest absolute Gasteiger partial charge is 0.225 e. The fraction of sp³-hybridized carbons (Fsp3) is 0.632. The molecule has 142 valence electrons. The molecule has 7 nitrogen and oxygen atoms in total. The minimum Gasteiger partial charge on any atom is -0.335 e. The fourth-order valence-electron chi connectivity index (χ4n) is 3.32. The highest BCUT2D eigenvalue weighted by Gasteiger charge is 2.23. The van der Waals surface area contributed by atoms with Gasteiger partial charge in [0.05, 0.1) is 24.5 Å². The van der Waals surface area contributed by atoms with Crippen LogP contribution >= 0.6 is 0 Å². The first-order valence-electron chi connectivity index (χ1n) is 9.49. The van der Waals surface area contributed by atoms with Crippen molar-refractivity contribution in [2.24, 2.45) is 5.92 Å². The van der Waals surface area contributed by atoms with Gasteiger partial charge in [0.25, 0.3) is 0 Å². The molecule has 1 atom stereocenters. The number of carbonyl (C=O) groups excluding carboxylic acids is 1. The summed E-state index contributed by atoms with van der Waals surface area (Å²) in [5.41, 5.74) is 2.17. The first-order valence-corrected chi connectivity index (χ1v) is 9.49. The lowest BCUT2D eigenvalue weighted by Gasteiger charge is -2.29. The van der Waals surface area contributed by atoms with Crippen molar-refractivity contribution in [1.82, 2.24) is 29.5 Å². The summed E-state index contributed by atoms with van der Waals surface area (Å²) in [6, 6.07) is 2.52. The maximum absolute atomic E-state index is 12.2. The van der Waals surface area contributed by atoms with Crippen molar-refractivity contribution in [3.05, 3.63) is 35.7 Å². The second-order valence-electron chi connectivity index (χ2n) is 7.50. The minimum absolute atomic E-state index is 0.0468. The third-order valence-electron chi connectivity index (χ3n) is 5.01. The van der Waals surface area contributed by atoms with Crippen LogP contribution in [0.25, 0.3) is 0 Å². The molecule has 3 heterocycles. The Balaban J connectivity index is 1.49. The van der Waals surface area contributed by atoms with E-state index >= 15 is 0 Å². The molecule has 0 saturated carbocycles. The van der Waals surface area contributed by atoms with Gasteiger partial charge < -0.3 is 14.8 Å². The molecule has 1 amide bonds. The molecule has 0 spiro atoms. The summed E-state index contributed by atoms with van der Waals surface area (Å²) in [5, 5.41) is 8.24. The third kappa shape index (κ3) is 4.33. The predicted octanol–water partition coefficient (Wildman–Crippen LogP) is 1.95. The van der Waals surface area contributed by atoms with Crippen LogP contribution in [-0.4, -0.2) is 42.7 Å². The van der Waals surface area contributed by atoms with E-state index in [-0.39, 0.29) is 11.8 Å². The number of nitrogens with one attached hydrogen (secondary N) is 1. The average Bonchev–Trinajstić information content (AvgIpc) is 3.22. The van der Waals surface area contributed by atoms with Gasteiger partial charge in [0.2, 0.25) is 5.91 Å². The van der Waals surface area contributed by atoms with E-state index < -0.39 is 0 Å². The van der Waals surface area contributed by atoms with E-state index in [1.165, 1.54) is 0 Å². The van der Waals surface area contributed by atoms with Gasteiger partial charge in [0, 0.05) is 44.0 Å². The Morgan fingerprint density at radius 2 is 2.12 bits per heavy atom. The zero-order chi connectivity index (χ0) is 18.7. The van der Waals surface area contributed by atoms with Crippen LogP contribution in [-0.2, 0) is 31.0 Å². The largest absolute Gasteiger partial charge is 0.335 e. The number of imidazole rings is 1. The molecule has 0 aliphatic carbocycles. The number of hydrogen-bond donors (Lipinski definition) is 1. The van der Waals surface area contributed by atoms with Gasteiger partial charge in [-0.1, -0.05) is 13.8 Å². The first-order chi connectivity index (χ1) is 12.4. The molecule has 0 radical (unpaired) electrons. The molecular formula is C19H30N6O. The van der Waals surface area contributed by atoms with Gasteiger partial charge in [-0.15, -0.1) is 0 Å². The van der Waals surface area contributed by atoms with E-state index in [2.05, 4.69) is 33.0 Å². The summed E-state index contributed by atoms with van der Waals surface area (Å²) >= 11 is 0. The van der Waals surface area contributed by atoms with Crippen LogP contribution < -0.4 is 5.32 Å². The average molecular weight is 358 g/mol. The Morgan fingerprint density at radius 1 is 1.31 bits per heavy atom. The van der Waals surface area contributed by atoms with E-state index in [4.69, 9.17) is 0 Å². The molecule has 1 N–H and O–H groups in total. The maximum atomic E-state index is 12.2. The van der Waals surface area contributed by atoms with Gasteiger partial charge >= 0.3 is 0 Å². The Bertz CT molecular complexity index is 747. The Hall–Kier alpha value is -2.15. The van der Waals surface area contributed by atoms with Gasteiger partial charge in [0.15, 0.2) is 0 Å². The topological polar surface area (TPSA) is 68.0 Å². The number of rotatable bonds is 7. The van der Waals surface area contributed by atoms with E-state index in [0.29, 0.717) is 12.6 Å². The summed E-state index contributed by atoms with van der Waals surface area (Å²) < 4.78 is 4.22. The van der Waals surface area contributed by atoms with E-state index in [9.17, 15) is 4.79 Å². The van der Waals surface area contributed by atoms with Crippen molar-refractivity contribution in [2.75, 3.05) is 6.54 Å². The van der Waals surface area contributed by atoms with Crippen molar-refractivity contribution in [2.45, 2.75) is 66.3 Å². The fourth-order valence-corrected chi connectivity index (χ4v) is 3.32. The predicted molar refractivity (Wildman–Crippen MR) is 100 cm³/mol. The highest BCUT2D eigenvalue weighted by Crippen LogP contribution is 2.16. The van der Waals surface area contributed by atoms with Crippen molar-refractivity contribution in [3.8, 4) is 0 Å². The molecule has 0 aromatic carbocycles. The molecule has 1 aliphatic heterocycles. The monoisotopic (exact) mass is 358 g/mol. The van der Waals surface area contributed by atoms with Crippen molar-refractivity contribution < 1.29 is 4.79 Å². The number of carbonyl (C=O) groups is 1. The molecular weight excluding hydrogens is 328 g/mol. The lowest BCUT2D eigenvalue weighted by molar-refractivity contribution is -0.136. The van der Waals surface area contributed by atoms with Crippen molar-refractivity contribution in [3.63, 3.8) is 0 Å². The van der Waals surface area contributed by atoms with E-state index in [0.717, 1.165) is 49.8 Å². The van der Waals surface area contributed by atoms with Crippen LogP contribution in [0.1, 0.15) is 44.4 Å². The van der Waals surface area contributed by atoms with E-state index in [1.54, 1.807) is 0 Å². The second-order valence-corrected chi connectivity index (χ2v) is 7.50. The quantitative estimate of drug-likeness (QED) is 0.821. The summed E-state index contributed by atoms with van der Waals surface area (Å²) in [4.78, 5) is 18.4. The number of nitrogens with zero attached hydrogens (tertiary/aromatic N) is 5. The Kier molecular flexibility index (Phi) is 5.76. The zero-order valence-electron chi connectivity index (χ0n) is 16.3. The lowest BCUT2D eigenvalue weighted by Crippen LogP contribution is -2.40. The highest BCUT2D eigenvalue weighted by molar-refractivity contribution is 5.78. The molecule has 0 fully saturated rings. The summed E-state index contributed by atoms with van der Waals surface area (Å²) in [6.07, 6.45) is 4.91. The van der Waals surface area contributed by atoms with Crippen LogP contribution in [0.4, 0.5) is 0 Å². The van der Waals surface area contributed by atoms with Gasteiger partial charge in [-0.05, 0) is 26.3 Å². The number of fused-ring (bicyclic) bond motifs is 1. The third-order valence-corrected chi connectivity index (χ3v) is 5.01. The van der Waals surface area contributed by atoms with Crippen LogP contribution in [0.5, 0.6) is 0 Å². The molecule has 3 rings (SSSR count). The summed E-state index contributed by atoms with van der Waals surface area (Å²) in [6.45, 7) is 12.1. The zero-order valence-corrected chi connectivity index (χ0v) is 16.3. The molecule has 2 aromatic heterocycles. The number of amides is 1. The van der Waals surface area contributed by atoms with Crippen LogP contribution in [0.15, 0.2) is 18.5 Å². The molecule has 7 heteroatoms. The van der Waals surface area contributed by atoms with Crippen LogP contribution in [0, 0.1) is 12.8 Å². The molecule has 0 unspecified atom stereocenters. The number of aryl methyl sites for hydroxylation is 2. The minimum atomic E-state index is 0.0468. The molecule has 0 bridgehead atoms. The molecule has 1 aliphatic rings. The van der Waals surface area contributed by atoms with Gasteiger partial charge in [-0.2, -0.15) is 5.10 Å². The van der Waals surface area contributed by atoms with Crippen LogP contribution in [0.2, 0.25) is 0 Å². The van der Waals surface area contributed by atoms with Crippen molar-refractivity contribution in [1.29, 1.82) is 0 Å². The Labute approximate surface area is 155 Å². The summed E-state index contributed by atoms with van der Waals surface area (Å²) in [7, 11) is 0. The second kappa shape index (κ2) is 8.03. The van der Waals surface area contributed by atoms with Gasteiger partial charge in [-0.3, -0.25) is 9.48 Å². The van der Waals surface area contributed by atoms with Crippen LogP contribution in [0.3, 0.4) is 0 Å². The normalized spacial score (nSPS) is 15.3. The Morgan fingerprint density at radius 3 is 2.81 bits per heavy atom. The highest BCUT2D eigenvalue weighted by atomic mass is 16.2. The number of hydrogen-bond acceptors (Lipinski definition) is 4. The SMILES string of the molecule is Cc1nccn1CC[C@H](C)NCc1cc2n(n1)CCN(C(=O)C(C)C)C2. The number of aromatic nitrogens is 4. The standard InChI is InChI=1S/C19H30N6O/c1-14(2)19(26)24-9-10-25-18(13-24)11-17(22-25)12-21-15(3)5-7-23-8-6-20-16(23)4/h6,8,11,14-15,21H,5,7,9-10,12-13H2,1-4H3/t15-/m0/s1. The van der Waals surface area contributed by atoms with Crippen molar-refractivity contribution >= 4 is 5.91 Å². The van der Waals surface area contributed by atoms with Gasteiger partial charge in [-0.25, -0.2) is 4.98 Å².